The van der Waals surface area contributed by atoms with Crippen LogP contribution in [0.1, 0.15) is 6.23 Å². The summed E-state index contributed by atoms with van der Waals surface area (Å²) in [6.07, 6.45) is 1.83. The Balaban J connectivity index is 1.72. The lowest BCUT2D eigenvalue weighted by atomic mass is 10.1. The van der Waals surface area contributed by atoms with Crippen LogP contribution in [-0.4, -0.2) is 73.6 Å². The van der Waals surface area contributed by atoms with Crippen LogP contribution in [0.2, 0.25) is 0 Å². The zero-order valence-electron chi connectivity index (χ0n) is 13.0. The molecule has 6 N–H and O–H groups in total. The first kappa shape index (κ1) is 17.6. The molecule has 0 radical (unpaired) electrons. The standard InChI is InChI=1S/C12H15N6O7P/c19-3-6-12(21,25-16-26(22)23)8(20)11(24-6)18-5-14-7-9-13-1-2-17(9)4-15-10(7)18/h1-2,4-6,8,11,16,19-23H,3H2/t6-,8+,11-,12+/m1/s1. The Bertz CT molecular complexity index is 933. The van der Waals surface area contributed by atoms with Gasteiger partial charge in [0.05, 0.1) is 12.9 Å². The quantitative estimate of drug-likeness (QED) is 0.158. The van der Waals surface area contributed by atoms with Gasteiger partial charge in [-0.05, 0) is 0 Å². The van der Waals surface area contributed by atoms with E-state index in [1.165, 1.54) is 17.2 Å². The van der Waals surface area contributed by atoms with E-state index in [9.17, 15) is 15.3 Å². The Hall–Kier alpha value is -1.80. The molecule has 4 atom stereocenters. The summed E-state index contributed by atoms with van der Waals surface area (Å²) in [4.78, 5) is 35.2. The van der Waals surface area contributed by atoms with Crippen molar-refractivity contribution in [3.05, 3.63) is 25.0 Å². The molecule has 4 heterocycles. The zero-order chi connectivity index (χ0) is 18.5. The number of fused-ring (bicyclic) bond motifs is 3. The van der Waals surface area contributed by atoms with E-state index in [0.717, 1.165) is 0 Å². The number of rotatable bonds is 5. The summed E-state index contributed by atoms with van der Waals surface area (Å²) in [5.41, 5.74) is 1.31. The monoisotopic (exact) mass is 386 g/mol. The smallest absolute Gasteiger partial charge is 0.275 e. The predicted molar refractivity (Wildman–Crippen MR) is 83.8 cm³/mol. The van der Waals surface area contributed by atoms with Crippen molar-refractivity contribution in [2.24, 2.45) is 0 Å². The number of ether oxygens (including phenoxy) is 1. The topological polar surface area (TPSA) is 180 Å². The highest BCUT2D eigenvalue weighted by molar-refractivity contribution is 7.42. The molecular weight excluding hydrogens is 371 g/mol. The Kier molecular flexibility index (Phi) is 4.35. The minimum atomic E-state index is -2.72. The number of imidazole rings is 2. The average Bonchev–Trinajstić information content (AvgIpc) is 3.30. The Morgan fingerprint density at radius 2 is 2.08 bits per heavy atom. The summed E-state index contributed by atoms with van der Waals surface area (Å²) in [5.74, 6) is -2.44. The maximum atomic E-state index is 10.5. The van der Waals surface area contributed by atoms with Crippen LogP contribution in [0.4, 0.5) is 0 Å². The molecule has 1 aliphatic rings. The van der Waals surface area contributed by atoms with Crippen molar-refractivity contribution in [3.8, 4) is 0 Å². The van der Waals surface area contributed by atoms with Crippen LogP contribution in [0.15, 0.2) is 25.0 Å². The zero-order valence-corrected chi connectivity index (χ0v) is 13.9. The molecular formula is C12H15N6O7P. The van der Waals surface area contributed by atoms with Gasteiger partial charge in [0.2, 0.25) is 5.79 Å². The van der Waals surface area contributed by atoms with Gasteiger partial charge in [-0.15, -0.1) is 5.25 Å². The van der Waals surface area contributed by atoms with Gasteiger partial charge in [0.15, 0.2) is 29.1 Å². The van der Waals surface area contributed by atoms with E-state index >= 15 is 0 Å². The molecule has 3 aromatic heterocycles. The second-order valence-electron chi connectivity index (χ2n) is 5.60. The third-order valence-electron chi connectivity index (χ3n) is 4.14. The molecule has 1 saturated heterocycles. The summed E-state index contributed by atoms with van der Waals surface area (Å²) < 4.78 is 8.53. The van der Waals surface area contributed by atoms with Crippen molar-refractivity contribution in [2.75, 3.05) is 6.61 Å². The van der Waals surface area contributed by atoms with E-state index in [0.29, 0.717) is 16.8 Å². The van der Waals surface area contributed by atoms with Crippen LogP contribution in [0.25, 0.3) is 16.8 Å². The fourth-order valence-electron chi connectivity index (χ4n) is 2.90. The van der Waals surface area contributed by atoms with Gasteiger partial charge in [0.25, 0.3) is 8.53 Å². The third kappa shape index (κ3) is 2.58. The predicted octanol–water partition coefficient (Wildman–Crippen LogP) is -2.25. The number of hydrogen-bond acceptors (Lipinski definition) is 11. The molecule has 1 aliphatic heterocycles. The van der Waals surface area contributed by atoms with E-state index in [1.807, 2.05) is 0 Å². The average molecular weight is 386 g/mol. The molecule has 0 aliphatic carbocycles. The first-order valence-corrected chi connectivity index (χ1v) is 8.63. The van der Waals surface area contributed by atoms with Gasteiger partial charge in [-0.2, -0.15) is 0 Å². The van der Waals surface area contributed by atoms with Crippen molar-refractivity contribution in [1.29, 1.82) is 0 Å². The van der Waals surface area contributed by atoms with Crippen molar-refractivity contribution < 1.29 is 34.7 Å². The first-order chi connectivity index (χ1) is 12.5. The lowest BCUT2D eigenvalue weighted by Crippen LogP contribution is -2.53. The van der Waals surface area contributed by atoms with Gasteiger partial charge in [-0.1, -0.05) is 0 Å². The molecule has 0 saturated carbocycles. The van der Waals surface area contributed by atoms with Crippen molar-refractivity contribution in [3.63, 3.8) is 0 Å². The molecule has 13 nitrogen and oxygen atoms in total. The third-order valence-corrected chi connectivity index (χ3v) is 4.40. The summed E-state index contributed by atoms with van der Waals surface area (Å²) in [7, 11) is -2.72. The first-order valence-electron chi connectivity index (χ1n) is 7.38. The molecule has 26 heavy (non-hydrogen) atoms. The van der Waals surface area contributed by atoms with E-state index in [-0.39, 0.29) is 0 Å². The fraction of sp³-hybridized carbons (Fsp3) is 0.417. The Labute approximate surface area is 146 Å². The number of aliphatic hydroxyl groups excluding tert-OH is 2. The van der Waals surface area contributed by atoms with Crippen LogP contribution in [0.5, 0.6) is 0 Å². The SMILES string of the molecule is OC[C@H]1O[C@@H](n2cnc3c2ncn2ccnc32)[C@H](O)[C@@]1(O)ONP(O)O. The minimum Gasteiger partial charge on any atom is -0.393 e. The van der Waals surface area contributed by atoms with E-state index in [1.54, 1.807) is 22.0 Å². The maximum Gasteiger partial charge on any atom is 0.275 e. The van der Waals surface area contributed by atoms with Crippen LogP contribution >= 0.6 is 8.53 Å². The van der Waals surface area contributed by atoms with Gasteiger partial charge in [-0.3, -0.25) is 13.8 Å². The largest absolute Gasteiger partial charge is 0.393 e. The van der Waals surface area contributed by atoms with Gasteiger partial charge < -0.3 is 29.8 Å². The van der Waals surface area contributed by atoms with Gasteiger partial charge >= 0.3 is 0 Å². The van der Waals surface area contributed by atoms with Crippen LogP contribution in [0.3, 0.4) is 0 Å². The highest BCUT2D eigenvalue weighted by atomic mass is 31.2. The van der Waals surface area contributed by atoms with Crippen LogP contribution in [0, 0.1) is 0 Å². The van der Waals surface area contributed by atoms with Gasteiger partial charge in [0.1, 0.15) is 12.4 Å². The normalized spacial score (nSPS) is 29.4. The highest BCUT2D eigenvalue weighted by Crippen LogP contribution is 2.39. The molecule has 0 aromatic carbocycles. The number of aliphatic hydroxyl groups is 3. The Morgan fingerprint density at radius 3 is 2.81 bits per heavy atom. The molecule has 4 rings (SSSR count). The Morgan fingerprint density at radius 1 is 1.27 bits per heavy atom. The van der Waals surface area contributed by atoms with E-state index in [4.69, 9.17) is 19.4 Å². The minimum absolute atomic E-state index is 0.327. The molecule has 0 bridgehead atoms. The van der Waals surface area contributed by atoms with Gasteiger partial charge in [0, 0.05) is 12.4 Å². The fourth-order valence-corrected chi connectivity index (χ4v) is 3.13. The number of aromatic nitrogens is 5. The van der Waals surface area contributed by atoms with E-state index in [2.05, 4.69) is 15.0 Å². The van der Waals surface area contributed by atoms with Crippen LogP contribution < -0.4 is 5.25 Å². The van der Waals surface area contributed by atoms with E-state index < -0.39 is 39.4 Å². The molecule has 140 valence electrons. The summed E-state index contributed by atoms with van der Waals surface area (Å²) >= 11 is 0. The second kappa shape index (κ2) is 6.42. The molecule has 0 unspecified atom stereocenters. The highest BCUT2D eigenvalue weighted by Gasteiger charge is 2.58. The lowest BCUT2D eigenvalue weighted by molar-refractivity contribution is -0.281. The molecule has 1 fully saturated rings. The van der Waals surface area contributed by atoms with Gasteiger partial charge in [-0.25, -0.2) is 15.0 Å². The maximum absolute atomic E-state index is 10.5. The van der Waals surface area contributed by atoms with Crippen molar-refractivity contribution >= 4 is 25.3 Å². The lowest BCUT2D eigenvalue weighted by Gasteiger charge is -2.29. The number of hydrogen-bond donors (Lipinski definition) is 6. The molecule has 0 spiro atoms. The second-order valence-corrected chi connectivity index (χ2v) is 6.37. The summed E-state index contributed by atoms with van der Waals surface area (Å²) in [6, 6.07) is 0. The van der Waals surface area contributed by atoms with Crippen molar-refractivity contribution in [2.45, 2.75) is 24.2 Å². The van der Waals surface area contributed by atoms with Crippen molar-refractivity contribution in [1.82, 2.24) is 29.2 Å². The number of nitrogens with zero attached hydrogens (tertiary/aromatic N) is 5. The molecule has 3 aromatic rings. The summed E-state index contributed by atoms with van der Waals surface area (Å²) in [5, 5.41) is 32.3. The molecule has 14 heteroatoms. The number of nitrogens with one attached hydrogen (secondary N) is 1. The van der Waals surface area contributed by atoms with Crippen LogP contribution in [-0.2, 0) is 9.57 Å². The summed E-state index contributed by atoms with van der Waals surface area (Å²) in [6.45, 7) is -0.703. The molecule has 0 amide bonds.